The fourth-order valence-electron chi connectivity index (χ4n) is 2.54. The molecule has 0 aromatic rings. The molecule has 0 saturated heterocycles. The van der Waals surface area contributed by atoms with Crippen molar-refractivity contribution in [2.24, 2.45) is 11.8 Å². The van der Waals surface area contributed by atoms with Crippen LogP contribution in [0.15, 0.2) is 24.0 Å². The summed E-state index contributed by atoms with van der Waals surface area (Å²) in [6.45, 7) is 5.35. The van der Waals surface area contributed by atoms with Crippen molar-refractivity contribution in [1.29, 1.82) is 0 Å². The molecule has 0 spiro atoms. The van der Waals surface area contributed by atoms with Crippen LogP contribution < -0.4 is 0 Å². The summed E-state index contributed by atoms with van der Waals surface area (Å²) in [5.41, 5.74) is -0.166. The molecule has 0 N–H and O–H groups in total. The molecule has 0 heterocycles. The summed E-state index contributed by atoms with van der Waals surface area (Å²) in [6.07, 6.45) is 11.6. The van der Waals surface area contributed by atoms with Gasteiger partial charge < -0.3 is 9.47 Å². The zero-order valence-corrected chi connectivity index (χ0v) is 17.7. The lowest BCUT2D eigenvalue weighted by atomic mass is 9.86. The predicted octanol–water partition coefficient (Wildman–Crippen LogP) is 5.54. The number of halogens is 2. The second-order valence-electron chi connectivity index (χ2n) is 5.68. The highest BCUT2D eigenvalue weighted by Crippen LogP contribution is 2.34. The van der Waals surface area contributed by atoms with Gasteiger partial charge in [0.1, 0.15) is 11.4 Å². The van der Waals surface area contributed by atoms with Gasteiger partial charge in [0.05, 0.1) is 6.61 Å². The van der Waals surface area contributed by atoms with E-state index < -0.39 is 0 Å². The summed E-state index contributed by atoms with van der Waals surface area (Å²) >= 11 is 4.85. The Morgan fingerprint density at radius 2 is 2.10 bits per heavy atom. The quantitative estimate of drug-likeness (QED) is 0.279. The molecule has 1 aliphatic carbocycles. The molecule has 21 heavy (non-hydrogen) atoms. The molecule has 0 fully saturated rings. The third-order valence-electron chi connectivity index (χ3n) is 4.31. The topological polar surface area (TPSA) is 18.5 Å². The molecule has 0 amide bonds. The smallest absolute Gasteiger partial charge is 0.115 e. The van der Waals surface area contributed by atoms with Gasteiger partial charge in [-0.2, -0.15) is 0 Å². The fraction of sp³-hybridized carbons (Fsp3) is 0.765. The van der Waals surface area contributed by atoms with E-state index in [0.717, 1.165) is 21.2 Å². The number of methoxy groups -OCH3 is 1. The number of alkyl halides is 2. The van der Waals surface area contributed by atoms with Gasteiger partial charge in [0.2, 0.25) is 0 Å². The Labute approximate surface area is 157 Å². The minimum atomic E-state index is -0.166. The maximum Gasteiger partial charge on any atom is 0.115 e. The molecular weight excluding hydrogens is 490 g/mol. The van der Waals surface area contributed by atoms with E-state index in [0.29, 0.717) is 11.8 Å². The normalized spacial score (nSPS) is 26.5. The van der Waals surface area contributed by atoms with Crippen molar-refractivity contribution in [3.63, 3.8) is 0 Å². The van der Waals surface area contributed by atoms with E-state index in [1.54, 1.807) is 7.11 Å². The number of hydrogen-bond donors (Lipinski definition) is 0. The van der Waals surface area contributed by atoms with Crippen molar-refractivity contribution in [3.05, 3.63) is 24.0 Å². The van der Waals surface area contributed by atoms with Crippen molar-refractivity contribution in [2.45, 2.75) is 45.1 Å². The van der Waals surface area contributed by atoms with Gasteiger partial charge >= 0.3 is 0 Å². The molecule has 0 saturated carbocycles. The second kappa shape index (κ2) is 10.5. The van der Waals surface area contributed by atoms with Gasteiger partial charge in [-0.25, -0.2) is 0 Å². The van der Waals surface area contributed by atoms with Gasteiger partial charge in [-0.1, -0.05) is 78.3 Å². The molecule has 0 bridgehead atoms. The Balaban J connectivity index is 2.61. The van der Waals surface area contributed by atoms with E-state index in [-0.39, 0.29) is 5.60 Å². The van der Waals surface area contributed by atoms with Crippen LogP contribution in [0.25, 0.3) is 0 Å². The predicted molar refractivity (Wildman–Crippen MR) is 107 cm³/mol. The fourth-order valence-corrected chi connectivity index (χ4v) is 4.67. The zero-order chi connectivity index (χ0) is 15.7. The van der Waals surface area contributed by atoms with Crippen LogP contribution in [0.5, 0.6) is 0 Å². The summed E-state index contributed by atoms with van der Waals surface area (Å²) in [5.74, 6) is 2.08. The third kappa shape index (κ3) is 5.68. The molecule has 2 nitrogen and oxygen atoms in total. The van der Waals surface area contributed by atoms with E-state index in [9.17, 15) is 0 Å². The summed E-state index contributed by atoms with van der Waals surface area (Å²) in [7, 11) is 1.81. The van der Waals surface area contributed by atoms with E-state index in [4.69, 9.17) is 9.47 Å². The Morgan fingerprint density at radius 1 is 1.33 bits per heavy atom. The highest BCUT2D eigenvalue weighted by atomic mass is 127. The van der Waals surface area contributed by atoms with Crippen molar-refractivity contribution >= 4 is 45.2 Å². The molecule has 4 heteroatoms. The first-order chi connectivity index (χ1) is 10.2. The van der Waals surface area contributed by atoms with Crippen molar-refractivity contribution in [1.82, 2.24) is 0 Å². The van der Waals surface area contributed by atoms with Gasteiger partial charge in [0.25, 0.3) is 0 Å². The van der Waals surface area contributed by atoms with Crippen molar-refractivity contribution in [3.8, 4) is 0 Å². The molecular formula is C17H28I2O2. The van der Waals surface area contributed by atoms with Crippen LogP contribution in [0.2, 0.25) is 0 Å². The first-order valence-electron chi connectivity index (χ1n) is 7.86. The largest absolute Gasteiger partial charge is 0.494 e. The standard InChI is InChI=1S/C17H28I2O2/c1-4-6-7-14(5-2)12-21-16-8-9-17(13-19,20-3)15(10-16)11-18/h8-10,14-15H,4-7,11-13H2,1-3H3. The first-order valence-corrected chi connectivity index (χ1v) is 10.9. The Hall–Kier alpha value is 0.700. The Bertz CT molecular complexity index is 349. The van der Waals surface area contributed by atoms with Gasteiger partial charge in [0, 0.05) is 21.9 Å². The summed E-state index contributed by atoms with van der Waals surface area (Å²) in [6, 6.07) is 0. The number of allylic oxidation sites excluding steroid dienone is 1. The van der Waals surface area contributed by atoms with E-state index in [1.807, 2.05) is 0 Å². The Morgan fingerprint density at radius 3 is 2.62 bits per heavy atom. The molecule has 0 aromatic heterocycles. The van der Waals surface area contributed by atoms with Gasteiger partial charge in [0.15, 0.2) is 0 Å². The monoisotopic (exact) mass is 518 g/mol. The molecule has 3 unspecified atom stereocenters. The molecule has 122 valence electrons. The van der Waals surface area contributed by atoms with E-state index in [2.05, 4.69) is 77.3 Å². The maximum atomic E-state index is 6.06. The number of unbranched alkanes of at least 4 members (excludes halogenated alkanes) is 1. The van der Waals surface area contributed by atoms with Crippen LogP contribution in [0.3, 0.4) is 0 Å². The van der Waals surface area contributed by atoms with Crippen LogP contribution in [-0.2, 0) is 9.47 Å². The van der Waals surface area contributed by atoms with Gasteiger partial charge in [-0.15, -0.1) is 0 Å². The lowest BCUT2D eigenvalue weighted by molar-refractivity contribution is 0.0237. The van der Waals surface area contributed by atoms with Gasteiger partial charge in [-0.3, -0.25) is 0 Å². The highest BCUT2D eigenvalue weighted by molar-refractivity contribution is 14.1. The van der Waals surface area contributed by atoms with Crippen molar-refractivity contribution < 1.29 is 9.47 Å². The SMILES string of the molecule is CCCCC(CC)COC1=CC(CI)C(CI)(OC)C=C1. The number of ether oxygens (including phenoxy) is 2. The maximum absolute atomic E-state index is 6.06. The summed E-state index contributed by atoms with van der Waals surface area (Å²) in [5, 5.41) is 0. The van der Waals surface area contributed by atoms with Crippen LogP contribution in [0.1, 0.15) is 39.5 Å². The molecule has 0 radical (unpaired) electrons. The molecule has 0 aromatic carbocycles. The van der Waals surface area contributed by atoms with Crippen LogP contribution in [0.4, 0.5) is 0 Å². The van der Waals surface area contributed by atoms with Crippen LogP contribution in [0, 0.1) is 11.8 Å². The molecule has 1 rings (SSSR count). The average Bonchev–Trinajstić information content (AvgIpc) is 2.54. The average molecular weight is 518 g/mol. The van der Waals surface area contributed by atoms with Crippen LogP contribution in [-0.4, -0.2) is 28.2 Å². The van der Waals surface area contributed by atoms with Crippen LogP contribution >= 0.6 is 45.2 Å². The number of hydrogen-bond acceptors (Lipinski definition) is 2. The molecule has 1 aliphatic rings. The highest BCUT2D eigenvalue weighted by Gasteiger charge is 2.36. The minimum absolute atomic E-state index is 0.166. The lowest BCUT2D eigenvalue weighted by Gasteiger charge is -2.36. The zero-order valence-electron chi connectivity index (χ0n) is 13.4. The summed E-state index contributed by atoms with van der Waals surface area (Å²) < 4.78 is 13.8. The minimum Gasteiger partial charge on any atom is -0.494 e. The van der Waals surface area contributed by atoms with Crippen molar-refractivity contribution in [2.75, 3.05) is 22.6 Å². The summed E-state index contributed by atoms with van der Waals surface area (Å²) in [4.78, 5) is 0. The Kier molecular flexibility index (Phi) is 9.84. The second-order valence-corrected chi connectivity index (χ2v) is 7.33. The molecule has 3 atom stereocenters. The first kappa shape index (κ1) is 19.7. The lowest BCUT2D eigenvalue weighted by Crippen LogP contribution is -2.41. The molecule has 0 aliphatic heterocycles. The van der Waals surface area contributed by atoms with E-state index in [1.165, 1.54) is 25.7 Å². The third-order valence-corrected chi connectivity index (χ3v) is 6.45. The van der Waals surface area contributed by atoms with Gasteiger partial charge in [-0.05, 0) is 30.6 Å². The van der Waals surface area contributed by atoms with E-state index >= 15 is 0 Å². The number of rotatable bonds is 10.